The Bertz CT molecular complexity index is 365. The van der Waals surface area contributed by atoms with Gasteiger partial charge in [-0.15, -0.1) is 0 Å². The molecule has 3 nitrogen and oxygen atoms in total. The van der Waals surface area contributed by atoms with Gasteiger partial charge in [-0.2, -0.15) is 0 Å². The molecule has 3 aliphatic rings. The zero-order chi connectivity index (χ0) is 13.3. The van der Waals surface area contributed by atoms with Crippen molar-refractivity contribution in [3.8, 4) is 0 Å². The number of ether oxygens (including phenoxy) is 1. The molecule has 2 aliphatic heterocycles. The SMILES string of the molecule is CC(C)[C@]12CC[C@](C)(O1)[C@@H]1CC[C@](C)(O)[C@H]1[C@@H]2O. The molecular formula is C15H26O3. The maximum absolute atomic E-state index is 10.9. The van der Waals surface area contributed by atoms with Gasteiger partial charge in [0, 0.05) is 5.92 Å². The van der Waals surface area contributed by atoms with E-state index in [2.05, 4.69) is 20.8 Å². The standard InChI is InChI=1S/C15H26O3/c1-9(2)15-8-7-14(4,18-15)10-5-6-13(3,17)11(10)12(15)16/h9-12,16-17H,5-8H2,1-4H3/t10-,11-,12+,13+,14+,15+/m1/s1. The molecule has 0 aromatic rings. The predicted molar refractivity (Wildman–Crippen MR) is 69.1 cm³/mol. The van der Waals surface area contributed by atoms with Crippen molar-refractivity contribution < 1.29 is 14.9 Å². The van der Waals surface area contributed by atoms with Crippen LogP contribution in [0.2, 0.25) is 0 Å². The molecule has 0 aromatic carbocycles. The quantitative estimate of drug-likeness (QED) is 0.753. The highest BCUT2D eigenvalue weighted by atomic mass is 16.5. The van der Waals surface area contributed by atoms with Crippen molar-refractivity contribution in [3.63, 3.8) is 0 Å². The average molecular weight is 254 g/mol. The summed E-state index contributed by atoms with van der Waals surface area (Å²) in [4.78, 5) is 0. The van der Waals surface area contributed by atoms with Gasteiger partial charge >= 0.3 is 0 Å². The number of hydrogen-bond donors (Lipinski definition) is 2. The molecule has 3 rings (SSSR count). The van der Waals surface area contributed by atoms with Crippen LogP contribution < -0.4 is 0 Å². The van der Waals surface area contributed by atoms with Crippen LogP contribution in [0.4, 0.5) is 0 Å². The van der Waals surface area contributed by atoms with Gasteiger partial charge < -0.3 is 14.9 Å². The molecule has 2 heterocycles. The molecule has 0 unspecified atom stereocenters. The normalized spacial score (nSPS) is 59.2. The smallest absolute Gasteiger partial charge is 0.0975 e. The van der Waals surface area contributed by atoms with Crippen molar-refractivity contribution in [2.45, 2.75) is 76.3 Å². The molecule has 0 aromatic heterocycles. The van der Waals surface area contributed by atoms with Crippen molar-refractivity contribution in [3.05, 3.63) is 0 Å². The van der Waals surface area contributed by atoms with Crippen molar-refractivity contribution >= 4 is 0 Å². The molecule has 3 fully saturated rings. The van der Waals surface area contributed by atoms with E-state index in [-0.39, 0.29) is 17.4 Å². The molecule has 0 amide bonds. The number of aliphatic hydroxyl groups is 2. The molecule has 2 bridgehead atoms. The summed E-state index contributed by atoms with van der Waals surface area (Å²) in [5, 5.41) is 21.5. The first-order valence-corrected chi connectivity index (χ1v) is 7.34. The third kappa shape index (κ3) is 1.36. The Morgan fingerprint density at radius 2 is 1.83 bits per heavy atom. The minimum atomic E-state index is -0.737. The Morgan fingerprint density at radius 3 is 2.44 bits per heavy atom. The van der Waals surface area contributed by atoms with Crippen molar-refractivity contribution in [1.82, 2.24) is 0 Å². The van der Waals surface area contributed by atoms with E-state index in [1.807, 2.05) is 6.92 Å². The number of fused-ring (bicyclic) bond motifs is 4. The van der Waals surface area contributed by atoms with Crippen molar-refractivity contribution in [1.29, 1.82) is 0 Å². The molecule has 3 heteroatoms. The minimum Gasteiger partial charge on any atom is -0.390 e. The topological polar surface area (TPSA) is 49.7 Å². The fourth-order valence-corrected chi connectivity index (χ4v) is 4.97. The van der Waals surface area contributed by atoms with Crippen LogP contribution in [0, 0.1) is 17.8 Å². The molecule has 1 aliphatic carbocycles. The largest absolute Gasteiger partial charge is 0.390 e. The van der Waals surface area contributed by atoms with E-state index in [0.717, 1.165) is 25.7 Å². The molecule has 6 atom stereocenters. The fourth-order valence-electron chi connectivity index (χ4n) is 4.97. The Morgan fingerprint density at radius 1 is 1.17 bits per heavy atom. The lowest BCUT2D eigenvalue weighted by Crippen LogP contribution is -2.62. The molecule has 0 spiro atoms. The van der Waals surface area contributed by atoms with E-state index in [4.69, 9.17) is 4.74 Å². The first kappa shape index (κ1) is 12.9. The summed E-state index contributed by atoms with van der Waals surface area (Å²) in [5.74, 6) is 0.560. The highest BCUT2D eigenvalue weighted by Gasteiger charge is 2.68. The van der Waals surface area contributed by atoms with Gasteiger partial charge in [-0.25, -0.2) is 0 Å². The van der Waals surface area contributed by atoms with Crippen LogP contribution in [-0.2, 0) is 4.74 Å². The molecule has 0 radical (unpaired) electrons. The first-order chi connectivity index (χ1) is 8.23. The van der Waals surface area contributed by atoms with Crippen LogP contribution in [0.3, 0.4) is 0 Å². The maximum atomic E-state index is 10.9. The van der Waals surface area contributed by atoms with Crippen LogP contribution in [0.1, 0.15) is 53.4 Å². The van der Waals surface area contributed by atoms with Gasteiger partial charge in [-0.05, 0) is 51.4 Å². The van der Waals surface area contributed by atoms with E-state index in [1.165, 1.54) is 0 Å². The Hall–Kier alpha value is -0.120. The molecule has 104 valence electrons. The van der Waals surface area contributed by atoms with E-state index in [9.17, 15) is 10.2 Å². The minimum absolute atomic E-state index is 0.0267. The second kappa shape index (κ2) is 3.50. The van der Waals surface area contributed by atoms with Crippen LogP contribution in [0.15, 0.2) is 0 Å². The fraction of sp³-hybridized carbons (Fsp3) is 1.00. The zero-order valence-electron chi connectivity index (χ0n) is 11.9. The Balaban J connectivity index is 2.06. The zero-order valence-corrected chi connectivity index (χ0v) is 11.9. The average Bonchev–Trinajstić information content (AvgIpc) is 2.75. The van der Waals surface area contributed by atoms with Gasteiger partial charge in [0.2, 0.25) is 0 Å². The molecule has 1 saturated carbocycles. The summed E-state index contributed by atoms with van der Waals surface area (Å²) >= 11 is 0. The second-order valence-electron chi connectivity index (χ2n) is 7.50. The van der Waals surface area contributed by atoms with Gasteiger partial charge in [0.25, 0.3) is 0 Å². The summed E-state index contributed by atoms with van der Waals surface area (Å²) < 4.78 is 6.39. The highest BCUT2D eigenvalue weighted by Crippen LogP contribution is 2.62. The van der Waals surface area contributed by atoms with Crippen LogP contribution in [-0.4, -0.2) is 33.1 Å². The van der Waals surface area contributed by atoms with Gasteiger partial charge in [-0.1, -0.05) is 13.8 Å². The van der Waals surface area contributed by atoms with Gasteiger partial charge in [0.15, 0.2) is 0 Å². The van der Waals surface area contributed by atoms with E-state index < -0.39 is 17.3 Å². The van der Waals surface area contributed by atoms with Gasteiger partial charge in [-0.3, -0.25) is 0 Å². The summed E-state index contributed by atoms with van der Waals surface area (Å²) in [6.45, 7) is 8.32. The van der Waals surface area contributed by atoms with Gasteiger partial charge in [0.1, 0.15) is 0 Å². The number of rotatable bonds is 1. The molecule has 2 N–H and O–H groups in total. The summed E-state index contributed by atoms with van der Waals surface area (Å²) in [6.07, 6.45) is 3.16. The number of aliphatic hydroxyl groups excluding tert-OH is 1. The van der Waals surface area contributed by atoms with Crippen LogP contribution in [0.25, 0.3) is 0 Å². The van der Waals surface area contributed by atoms with Crippen molar-refractivity contribution in [2.24, 2.45) is 17.8 Å². The lowest BCUT2D eigenvalue weighted by Gasteiger charge is -2.53. The van der Waals surface area contributed by atoms with Crippen LogP contribution >= 0.6 is 0 Å². The van der Waals surface area contributed by atoms with Gasteiger partial charge in [0.05, 0.1) is 22.9 Å². The third-order valence-electron chi connectivity index (χ3n) is 6.15. The molecule has 18 heavy (non-hydrogen) atoms. The van der Waals surface area contributed by atoms with E-state index in [1.54, 1.807) is 0 Å². The predicted octanol–water partition coefficient (Wildman–Crippen LogP) is 2.10. The summed E-state index contributed by atoms with van der Waals surface area (Å²) in [6, 6.07) is 0. The van der Waals surface area contributed by atoms with E-state index in [0.29, 0.717) is 5.92 Å². The Kier molecular flexibility index (Phi) is 2.51. The van der Waals surface area contributed by atoms with E-state index >= 15 is 0 Å². The monoisotopic (exact) mass is 254 g/mol. The lowest BCUT2D eigenvalue weighted by molar-refractivity contribution is -0.264. The molecular weight excluding hydrogens is 228 g/mol. The number of hydrogen-bond acceptors (Lipinski definition) is 3. The summed E-state index contributed by atoms with van der Waals surface area (Å²) in [7, 11) is 0. The van der Waals surface area contributed by atoms with Crippen molar-refractivity contribution in [2.75, 3.05) is 0 Å². The highest BCUT2D eigenvalue weighted by molar-refractivity contribution is 5.17. The Labute approximate surface area is 110 Å². The summed E-state index contributed by atoms with van der Waals surface area (Å²) in [5.41, 5.74) is -1.32. The lowest BCUT2D eigenvalue weighted by atomic mass is 9.68. The second-order valence-corrected chi connectivity index (χ2v) is 7.50. The maximum Gasteiger partial charge on any atom is 0.0975 e. The third-order valence-corrected chi connectivity index (χ3v) is 6.15. The molecule has 2 saturated heterocycles. The first-order valence-electron chi connectivity index (χ1n) is 7.34. The van der Waals surface area contributed by atoms with Crippen LogP contribution in [0.5, 0.6) is 0 Å².